The summed E-state index contributed by atoms with van der Waals surface area (Å²) in [5.74, 6) is 0. The van der Waals surface area contributed by atoms with E-state index in [9.17, 15) is 0 Å². The Morgan fingerprint density at radius 3 is 3.21 bits per heavy atom. The van der Waals surface area contributed by atoms with Gasteiger partial charge in [0.15, 0.2) is 0 Å². The standard InChI is InChI=1S/C12H10BrN/c13-10-6-3-5-9-8-4-1-2-7-11(8)14-12(9)10/h3,5-6,14H,2,4,7H2. The molecule has 1 aliphatic rings. The second-order valence-electron chi connectivity index (χ2n) is 3.67. The lowest BCUT2D eigenvalue weighted by Gasteiger charge is -2.09. The summed E-state index contributed by atoms with van der Waals surface area (Å²) in [6.07, 6.45) is 6.58. The zero-order valence-corrected chi connectivity index (χ0v) is 9.32. The monoisotopic (exact) mass is 247 g/mol. The van der Waals surface area contributed by atoms with E-state index in [4.69, 9.17) is 0 Å². The van der Waals surface area contributed by atoms with Crippen molar-refractivity contribution < 1.29 is 0 Å². The molecule has 1 aromatic heterocycles. The molecule has 1 N–H and O–H groups in total. The van der Waals surface area contributed by atoms with E-state index < -0.39 is 0 Å². The van der Waals surface area contributed by atoms with Gasteiger partial charge in [-0.25, -0.2) is 0 Å². The van der Waals surface area contributed by atoms with E-state index >= 15 is 0 Å². The van der Waals surface area contributed by atoms with E-state index in [2.05, 4.69) is 45.5 Å². The van der Waals surface area contributed by atoms with Gasteiger partial charge in [-0.15, -0.1) is 0 Å². The minimum absolute atomic E-state index is 0.992. The van der Waals surface area contributed by atoms with Crippen molar-refractivity contribution in [2.24, 2.45) is 0 Å². The van der Waals surface area contributed by atoms with Crippen LogP contribution in [0.5, 0.6) is 0 Å². The fourth-order valence-corrected chi connectivity index (χ4v) is 2.60. The number of benzene rings is 1. The molecule has 0 spiro atoms. The Morgan fingerprint density at radius 1 is 1.36 bits per heavy atom. The van der Waals surface area contributed by atoms with Crippen LogP contribution in [0.2, 0.25) is 0 Å². The van der Waals surface area contributed by atoms with Gasteiger partial charge in [0.05, 0.1) is 5.52 Å². The largest absolute Gasteiger partial charge is 0.357 e. The summed E-state index contributed by atoms with van der Waals surface area (Å²) in [7, 11) is 0. The molecular weight excluding hydrogens is 238 g/mol. The van der Waals surface area contributed by atoms with Gasteiger partial charge in [-0.1, -0.05) is 12.1 Å². The Kier molecular flexibility index (Phi) is 1.91. The molecule has 2 radical (unpaired) electrons. The van der Waals surface area contributed by atoms with Gasteiger partial charge in [-0.2, -0.15) is 0 Å². The fourth-order valence-electron chi connectivity index (χ4n) is 2.13. The third-order valence-corrected chi connectivity index (χ3v) is 3.49. The summed E-state index contributed by atoms with van der Waals surface area (Å²) in [6, 6.07) is 6.36. The number of nitrogens with one attached hydrogen (secondary N) is 1. The van der Waals surface area contributed by atoms with Crippen molar-refractivity contribution in [1.29, 1.82) is 0 Å². The molecule has 1 nitrogen and oxygen atoms in total. The summed E-state index contributed by atoms with van der Waals surface area (Å²) < 4.78 is 1.16. The highest BCUT2D eigenvalue weighted by Crippen LogP contribution is 2.32. The SMILES string of the molecule is Brc1cccc2c3c([nH]c12)CC[C]C3. The lowest BCUT2D eigenvalue weighted by atomic mass is 9.96. The molecule has 1 aromatic carbocycles. The average Bonchev–Trinajstić information content (AvgIpc) is 2.59. The summed E-state index contributed by atoms with van der Waals surface area (Å²) >= 11 is 3.57. The first-order chi connectivity index (χ1) is 6.86. The zero-order chi connectivity index (χ0) is 9.54. The maximum atomic E-state index is 3.57. The predicted molar refractivity (Wildman–Crippen MR) is 61.3 cm³/mol. The van der Waals surface area contributed by atoms with Crippen molar-refractivity contribution in [3.8, 4) is 0 Å². The minimum Gasteiger partial charge on any atom is -0.357 e. The first-order valence-corrected chi connectivity index (χ1v) is 5.64. The van der Waals surface area contributed by atoms with Crippen LogP contribution >= 0.6 is 15.9 Å². The molecule has 3 rings (SSSR count). The van der Waals surface area contributed by atoms with Crippen molar-refractivity contribution in [3.05, 3.63) is 40.4 Å². The molecule has 0 saturated heterocycles. The van der Waals surface area contributed by atoms with Crippen LogP contribution in [0.4, 0.5) is 0 Å². The van der Waals surface area contributed by atoms with Crippen LogP contribution in [0.25, 0.3) is 10.9 Å². The highest BCUT2D eigenvalue weighted by atomic mass is 79.9. The van der Waals surface area contributed by atoms with Gasteiger partial charge in [-0.3, -0.25) is 0 Å². The summed E-state index contributed by atoms with van der Waals surface area (Å²) in [5.41, 5.74) is 4.07. The first-order valence-electron chi connectivity index (χ1n) is 4.85. The maximum Gasteiger partial charge on any atom is 0.0603 e. The molecule has 0 saturated carbocycles. The second-order valence-corrected chi connectivity index (χ2v) is 4.53. The lowest BCUT2D eigenvalue weighted by Crippen LogP contribution is -2.00. The molecule has 1 heterocycles. The van der Waals surface area contributed by atoms with Crippen molar-refractivity contribution in [2.75, 3.05) is 0 Å². The van der Waals surface area contributed by atoms with Gasteiger partial charge in [0.1, 0.15) is 0 Å². The van der Waals surface area contributed by atoms with Crippen molar-refractivity contribution in [3.63, 3.8) is 0 Å². The van der Waals surface area contributed by atoms with Gasteiger partial charge in [0, 0.05) is 15.6 Å². The van der Waals surface area contributed by atoms with Crippen molar-refractivity contribution in [2.45, 2.75) is 19.3 Å². The molecule has 2 heteroatoms. The molecule has 0 bridgehead atoms. The van der Waals surface area contributed by atoms with E-state index in [-0.39, 0.29) is 0 Å². The highest BCUT2D eigenvalue weighted by molar-refractivity contribution is 9.10. The number of aromatic amines is 1. The zero-order valence-electron chi connectivity index (χ0n) is 7.73. The molecule has 2 aromatic rings. The summed E-state index contributed by atoms with van der Waals surface area (Å²) in [4.78, 5) is 3.50. The molecule has 70 valence electrons. The molecular formula is C12H10BrN. The number of hydrogen-bond acceptors (Lipinski definition) is 0. The number of rotatable bonds is 0. The smallest absolute Gasteiger partial charge is 0.0603 e. The van der Waals surface area contributed by atoms with Gasteiger partial charge in [-0.05, 0) is 53.2 Å². The summed E-state index contributed by atoms with van der Waals surface area (Å²) in [6.45, 7) is 0. The molecule has 0 unspecified atom stereocenters. The molecule has 0 aliphatic heterocycles. The van der Waals surface area contributed by atoms with Crippen LogP contribution in [-0.2, 0) is 12.8 Å². The van der Waals surface area contributed by atoms with Crippen LogP contribution in [0, 0.1) is 6.42 Å². The number of halogens is 1. The van der Waals surface area contributed by atoms with E-state index in [0.717, 1.165) is 23.7 Å². The van der Waals surface area contributed by atoms with Crippen LogP contribution in [0.15, 0.2) is 22.7 Å². The highest BCUT2D eigenvalue weighted by Gasteiger charge is 2.16. The van der Waals surface area contributed by atoms with E-state index in [1.807, 2.05) is 0 Å². The number of aryl methyl sites for hydroxylation is 1. The third kappa shape index (κ3) is 1.13. The van der Waals surface area contributed by atoms with E-state index in [1.165, 1.54) is 22.2 Å². The fraction of sp³-hybridized carbons (Fsp3) is 0.250. The van der Waals surface area contributed by atoms with Crippen LogP contribution in [0.3, 0.4) is 0 Å². The normalized spacial score (nSPS) is 15.8. The number of aromatic nitrogens is 1. The maximum absolute atomic E-state index is 3.57. The average molecular weight is 248 g/mol. The number of H-pyrrole nitrogens is 1. The Morgan fingerprint density at radius 2 is 2.29 bits per heavy atom. The number of hydrogen-bond donors (Lipinski definition) is 1. The van der Waals surface area contributed by atoms with Crippen LogP contribution < -0.4 is 0 Å². The quantitative estimate of drug-likeness (QED) is 0.734. The second kappa shape index (κ2) is 3.13. The Balaban J connectivity index is 2.36. The van der Waals surface area contributed by atoms with Crippen molar-refractivity contribution in [1.82, 2.24) is 4.98 Å². The van der Waals surface area contributed by atoms with Gasteiger partial charge >= 0.3 is 0 Å². The molecule has 14 heavy (non-hydrogen) atoms. The van der Waals surface area contributed by atoms with Gasteiger partial charge in [0.2, 0.25) is 0 Å². The predicted octanol–water partition coefficient (Wildman–Crippen LogP) is 3.50. The van der Waals surface area contributed by atoms with Gasteiger partial charge < -0.3 is 4.98 Å². The van der Waals surface area contributed by atoms with Crippen LogP contribution in [-0.4, -0.2) is 4.98 Å². The van der Waals surface area contributed by atoms with Crippen LogP contribution in [0.1, 0.15) is 17.7 Å². The van der Waals surface area contributed by atoms with Crippen molar-refractivity contribution >= 4 is 26.8 Å². The molecule has 1 aliphatic carbocycles. The molecule has 0 amide bonds. The molecule has 0 fully saturated rings. The molecule has 0 atom stereocenters. The Hall–Kier alpha value is -0.760. The Labute approximate surface area is 91.6 Å². The minimum atomic E-state index is 0.992. The number of para-hydroxylation sites is 1. The Bertz CT molecular complexity index is 484. The van der Waals surface area contributed by atoms with E-state index in [1.54, 1.807) is 0 Å². The third-order valence-electron chi connectivity index (χ3n) is 2.83. The van der Waals surface area contributed by atoms with Gasteiger partial charge in [0.25, 0.3) is 0 Å². The first kappa shape index (κ1) is 8.54. The number of fused-ring (bicyclic) bond motifs is 3. The topological polar surface area (TPSA) is 15.8 Å². The van der Waals surface area contributed by atoms with E-state index in [0.29, 0.717) is 0 Å². The summed E-state index contributed by atoms with van der Waals surface area (Å²) in [5, 5.41) is 1.35. The lowest BCUT2D eigenvalue weighted by molar-refractivity contribution is 0.816.